The van der Waals surface area contributed by atoms with E-state index in [2.05, 4.69) is 55.1 Å². The van der Waals surface area contributed by atoms with Gasteiger partial charge in [0, 0.05) is 24.8 Å². The lowest BCUT2D eigenvalue weighted by molar-refractivity contribution is 0.252. The van der Waals surface area contributed by atoms with Crippen molar-refractivity contribution in [1.82, 2.24) is 4.90 Å². The molecule has 20 heavy (non-hydrogen) atoms. The SMILES string of the molecule is CCC(N)Cc1ccccc1N(C)C1CCN(C)CC1. The van der Waals surface area contributed by atoms with Gasteiger partial charge in [-0.1, -0.05) is 25.1 Å². The summed E-state index contributed by atoms with van der Waals surface area (Å²) in [6, 6.07) is 9.67. The summed E-state index contributed by atoms with van der Waals surface area (Å²) in [7, 11) is 4.46. The highest BCUT2D eigenvalue weighted by Gasteiger charge is 2.22. The predicted molar refractivity (Wildman–Crippen MR) is 87.3 cm³/mol. The molecule has 1 atom stereocenters. The lowest BCUT2D eigenvalue weighted by Gasteiger charge is -2.37. The summed E-state index contributed by atoms with van der Waals surface area (Å²) in [5.41, 5.74) is 8.90. The summed E-state index contributed by atoms with van der Waals surface area (Å²) in [5.74, 6) is 0. The van der Waals surface area contributed by atoms with Gasteiger partial charge in [0.25, 0.3) is 0 Å². The highest BCUT2D eigenvalue weighted by molar-refractivity contribution is 5.54. The van der Waals surface area contributed by atoms with E-state index in [1.165, 1.54) is 37.2 Å². The van der Waals surface area contributed by atoms with Crippen molar-refractivity contribution in [3.8, 4) is 0 Å². The van der Waals surface area contributed by atoms with E-state index in [0.29, 0.717) is 6.04 Å². The minimum absolute atomic E-state index is 0.266. The van der Waals surface area contributed by atoms with Crippen molar-refractivity contribution in [2.24, 2.45) is 5.73 Å². The molecule has 1 aromatic carbocycles. The van der Waals surface area contributed by atoms with Gasteiger partial charge in [-0.2, -0.15) is 0 Å². The predicted octanol–water partition coefficient (Wildman–Crippen LogP) is 2.50. The van der Waals surface area contributed by atoms with Crippen molar-refractivity contribution >= 4 is 5.69 Å². The summed E-state index contributed by atoms with van der Waals surface area (Å²) in [6.07, 6.45) is 4.51. The summed E-state index contributed by atoms with van der Waals surface area (Å²) >= 11 is 0. The fraction of sp³-hybridized carbons (Fsp3) is 0.647. The summed E-state index contributed by atoms with van der Waals surface area (Å²) in [5, 5.41) is 0. The first-order valence-corrected chi connectivity index (χ1v) is 7.86. The summed E-state index contributed by atoms with van der Waals surface area (Å²) in [6.45, 7) is 4.56. The van der Waals surface area contributed by atoms with E-state index < -0.39 is 0 Å². The molecule has 1 heterocycles. The Kier molecular flexibility index (Phi) is 5.44. The number of benzene rings is 1. The van der Waals surface area contributed by atoms with Crippen LogP contribution in [0.5, 0.6) is 0 Å². The number of para-hydroxylation sites is 1. The number of piperidine rings is 1. The maximum atomic E-state index is 6.15. The maximum absolute atomic E-state index is 6.15. The Balaban J connectivity index is 2.10. The zero-order valence-electron chi connectivity index (χ0n) is 13.2. The van der Waals surface area contributed by atoms with Crippen molar-refractivity contribution in [1.29, 1.82) is 0 Å². The lowest BCUT2D eigenvalue weighted by atomic mass is 9.99. The summed E-state index contributed by atoms with van der Waals surface area (Å²) < 4.78 is 0. The van der Waals surface area contributed by atoms with Crippen molar-refractivity contribution in [3.63, 3.8) is 0 Å². The van der Waals surface area contributed by atoms with Crippen molar-refractivity contribution in [2.45, 2.75) is 44.7 Å². The average molecular weight is 275 g/mol. The fourth-order valence-electron chi connectivity index (χ4n) is 3.03. The third-order valence-corrected chi connectivity index (χ3v) is 4.61. The zero-order valence-corrected chi connectivity index (χ0v) is 13.2. The average Bonchev–Trinajstić information content (AvgIpc) is 2.48. The van der Waals surface area contributed by atoms with Gasteiger partial charge in [0.2, 0.25) is 0 Å². The second kappa shape index (κ2) is 7.09. The molecule has 0 aliphatic carbocycles. The van der Waals surface area contributed by atoms with E-state index in [1.54, 1.807) is 0 Å². The van der Waals surface area contributed by atoms with E-state index in [0.717, 1.165) is 12.8 Å². The monoisotopic (exact) mass is 275 g/mol. The van der Waals surface area contributed by atoms with E-state index in [-0.39, 0.29) is 6.04 Å². The Bertz CT molecular complexity index is 410. The van der Waals surface area contributed by atoms with Gasteiger partial charge in [0.1, 0.15) is 0 Å². The Labute approximate surface area is 123 Å². The van der Waals surface area contributed by atoms with Gasteiger partial charge in [-0.15, -0.1) is 0 Å². The molecular weight excluding hydrogens is 246 g/mol. The van der Waals surface area contributed by atoms with E-state index in [1.807, 2.05) is 0 Å². The van der Waals surface area contributed by atoms with Crippen molar-refractivity contribution < 1.29 is 0 Å². The molecule has 2 rings (SSSR count). The Morgan fingerprint density at radius 1 is 1.30 bits per heavy atom. The highest BCUT2D eigenvalue weighted by Crippen LogP contribution is 2.26. The quantitative estimate of drug-likeness (QED) is 0.896. The van der Waals surface area contributed by atoms with Crippen LogP contribution in [0.2, 0.25) is 0 Å². The minimum atomic E-state index is 0.266. The molecule has 1 fully saturated rings. The van der Waals surface area contributed by atoms with Crippen molar-refractivity contribution in [3.05, 3.63) is 29.8 Å². The topological polar surface area (TPSA) is 32.5 Å². The first-order valence-electron chi connectivity index (χ1n) is 7.86. The number of rotatable bonds is 5. The van der Waals surface area contributed by atoms with Gasteiger partial charge >= 0.3 is 0 Å². The molecule has 1 unspecified atom stereocenters. The first-order chi connectivity index (χ1) is 9.61. The third kappa shape index (κ3) is 3.74. The largest absolute Gasteiger partial charge is 0.371 e. The molecule has 0 radical (unpaired) electrons. The van der Waals surface area contributed by atoms with Crippen LogP contribution in [0.15, 0.2) is 24.3 Å². The van der Waals surface area contributed by atoms with Crippen LogP contribution in [0.4, 0.5) is 5.69 Å². The number of anilines is 1. The molecule has 0 spiro atoms. The second-order valence-electron chi connectivity index (χ2n) is 6.15. The van der Waals surface area contributed by atoms with E-state index in [4.69, 9.17) is 5.73 Å². The zero-order chi connectivity index (χ0) is 14.5. The maximum Gasteiger partial charge on any atom is 0.0399 e. The normalized spacial score (nSPS) is 19.0. The summed E-state index contributed by atoms with van der Waals surface area (Å²) in [4.78, 5) is 4.90. The van der Waals surface area contributed by atoms with Crippen LogP contribution in [0, 0.1) is 0 Å². The third-order valence-electron chi connectivity index (χ3n) is 4.61. The number of hydrogen-bond donors (Lipinski definition) is 1. The molecule has 112 valence electrons. The van der Waals surface area contributed by atoms with Gasteiger partial charge in [-0.05, 0) is 57.5 Å². The van der Waals surface area contributed by atoms with Crippen LogP contribution >= 0.6 is 0 Å². The van der Waals surface area contributed by atoms with Crippen LogP contribution < -0.4 is 10.6 Å². The highest BCUT2D eigenvalue weighted by atomic mass is 15.2. The lowest BCUT2D eigenvalue weighted by Crippen LogP contribution is -2.42. The molecule has 0 amide bonds. The standard InChI is InChI=1S/C17H29N3/c1-4-15(18)13-14-7-5-6-8-17(14)20(3)16-9-11-19(2)12-10-16/h5-8,15-16H,4,9-13,18H2,1-3H3. The number of nitrogens with two attached hydrogens (primary N) is 1. The van der Waals surface area contributed by atoms with Gasteiger partial charge in [-0.3, -0.25) is 0 Å². The van der Waals surface area contributed by atoms with E-state index in [9.17, 15) is 0 Å². The Morgan fingerprint density at radius 3 is 2.60 bits per heavy atom. The molecule has 1 aromatic rings. The number of nitrogens with zero attached hydrogens (tertiary/aromatic N) is 2. The fourth-order valence-corrected chi connectivity index (χ4v) is 3.03. The molecule has 0 bridgehead atoms. The number of hydrogen-bond acceptors (Lipinski definition) is 3. The Morgan fingerprint density at radius 2 is 1.95 bits per heavy atom. The van der Waals surface area contributed by atoms with Crippen LogP contribution in [-0.4, -0.2) is 44.2 Å². The minimum Gasteiger partial charge on any atom is -0.371 e. The molecule has 2 N–H and O–H groups in total. The smallest absolute Gasteiger partial charge is 0.0399 e. The van der Waals surface area contributed by atoms with Crippen LogP contribution in [0.1, 0.15) is 31.7 Å². The molecular formula is C17H29N3. The second-order valence-corrected chi connectivity index (χ2v) is 6.15. The molecule has 0 aromatic heterocycles. The molecule has 3 heteroatoms. The van der Waals surface area contributed by atoms with Crippen LogP contribution in [-0.2, 0) is 6.42 Å². The number of likely N-dealkylation sites (tertiary alicyclic amines) is 1. The first kappa shape index (κ1) is 15.3. The van der Waals surface area contributed by atoms with E-state index >= 15 is 0 Å². The molecule has 1 aliphatic rings. The van der Waals surface area contributed by atoms with Gasteiger partial charge in [0.05, 0.1) is 0 Å². The van der Waals surface area contributed by atoms with Crippen LogP contribution in [0.3, 0.4) is 0 Å². The van der Waals surface area contributed by atoms with Gasteiger partial charge in [-0.25, -0.2) is 0 Å². The molecule has 0 saturated carbocycles. The van der Waals surface area contributed by atoms with Crippen molar-refractivity contribution in [2.75, 3.05) is 32.1 Å². The Hall–Kier alpha value is -1.06. The van der Waals surface area contributed by atoms with Gasteiger partial charge < -0.3 is 15.5 Å². The molecule has 3 nitrogen and oxygen atoms in total. The van der Waals surface area contributed by atoms with Gasteiger partial charge in [0.15, 0.2) is 0 Å². The molecule has 1 saturated heterocycles. The molecule has 1 aliphatic heterocycles. The van der Waals surface area contributed by atoms with Crippen LogP contribution in [0.25, 0.3) is 0 Å².